The summed E-state index contributed by atoms with van der Waals surface area (Å²) in [5, 5.41) is 2.76. The molecule has 0 saturated carbocycles. The maximum Gasteiger partial charge on any atom is 0.265 e. The molecule has 1 unspecified atom stereocenters. The van der Waals surface area contributed by atoms with E-state index in [9.17, 15) is 19.2 Å². The van der Waals surface area contributed by atoms with Crippen LogP contribution < -0.4 is 24.4 Å². The van der Waals surface area contributed by atoms with E-state index < -0.39 is 23.8 Å². The van der Waals surface area contributed by atoms with Crippen LogP contribution >= 0.6 is 0 Å². The van der Waals surface area contributed by atoms with Crippen LogP contribution in [-0.4, -0.2) is 61.4 Å². The number of carbonyl (C=O) groups is 4. The Morgan fingerprint density at radius 2 is 1.64 bits per heavy atom. The van der Waals surface area contributed by atoms with Crippen molar-refractivity contribution in [2.45, 2.75) is 19.4 Å². The number of amides is 4. The Labute approximate surface area is 225 Å². The molecule has 0 radical (unpaired) electrons. The van der Waals surface area contributed by atoms with Crippen LogP contribution in [0.1, 0.15) is 34.1 Å². The summed E-state index contributed by atoms with van der Waals surface area (Å²) < 4.78 is 16.5. The smallest absolute Gasteiger partial charge is 0.265 e. The van der Waals surface area contributed by atoms with Crippen molar-refractivity contribution < 1.29 is 33.4 Å². The number of rotatable bonds is 9. The Kier molecular flexibility index (Phi) is 7.18. The summed E-state index contributed by atoms with van der Waals surface area (Å²) in [4.78, 5) is 53.8. The van der Waals surface area contributed by atoms with Crippen LogP contribution in [0.5, 0.6) is 17.2 Å². The highest BCUT2D eigenvalue weighted by Crippen LogP contribution is 2.35. The summed E-state index contributed by atoms with van der Waals surface area (Å²) in [7, 11) is 1.60. The predicted octanol–water partition coefficient (Wildman–Crippen LogP) is 3.51. The number of benzene rings is 3. The number of hydrogen-bond donors (Lipinski definition) is 1. The second-order valence-corrected chi connectivity index (χ2v) is 9.09. The Bertz CT molecular complexity index is 1400. The third-order valence-corrected chi connectivity index (χ3v) is 6.62. The van der Waals surface area contributed by atoms with E-state index >= 15 is 0 Å². The average molecular weight is 530 g/mol. The van der Waals surface area contributed by atoms with Crippen LogP contribution in [0.3, 0.4) is 0 Å². The molecular formula is C29H27N3O7. The number of carbonyl (C=O) groups excluding carboxylic acids is 4. The van der Waals surface area contributed by atoms with Gasteiger partial charge in [0.25, 0.3) is 17.7 Å². The van der Waals surface area contributed by atoms with Crippen LogP contribution in [0, 0.1) is 0 Å². The van der Waals surface area contributed by atoms with E-state index in [4.69, 9.17) is 14.2 Å². The topological polar surface area (TPSA) is 114 Å². The van der Waals surface area contributed by atoms with Gasteiger partial charge in [-0.1, -0.05) is 12.1 Å². The molecule has 10 nitrogen and oxygen atoms in total. The molecule has 10 heteroatoms. The highest BCUT2D eigenvalue weighted by molar-refractivity contribution is 6.23. The molecule has 2 aliphatic heterocycles. The van der Waals surface area contributed by atoms with Gasteiger partial charge < -0.3 is 24.4 Å². The predicted molar refractivity (Wildman–Crippen MR) is 142 cm³/mol. The van der Waals surface area contributed by atoms with Gasteiger partial charge in [-0.25, -0.2) is 0 Å². The minimum absolute atomic E-state index is 0.0885. The Morgan fingerprint density at radius 3 is 2.31 bits per heavy atom. The molecule has 0 aliphatic carbocycles. The monoisotopic (exact) mass is 529 g/mol. The number of anilines is 2. The van der Waals surface area contributed by atoms with Crippen LogP contribution in [0.4, 0.5) is 11.4 Å². The second-order valence-electron chi connectivity index (χ2n) is 9.09. The molecule has 4 amide bonds. The maximum atomic E-state index is 13.0. The molecule has 3 aromatic carbocycles. The fraction of sp³-hybridized carbons (Fsp3) is 0.241. The molecule has 2 aliphatic rings. The molecule has 1 atom stereocenters. The van der Waals surface area contributed by atoms with Gasteiger partial charge in [-0.2, -0.15) is 0 Å². The quantitative estimate of drug-likeness (QED) is 0.333. The number of nitrogens with zero attached hydrogens (tertiary/aromatic N) is 2. The number of ether oxygens (including phenoxy) is 3. The van der Waals surface area contributed by atoms with Gasteiger partial charge in [0, 0.05) is 12.2 Å². The number of nitrogens with one attached hydrogen (secondary N) is 1. The molecule has 200 valence electrons. The number of fused-ring (bicyclic) bond motifs is 2. The van der Waals surface area contributed by atoms with E-state index in [1.165, 1.54) is 6.92 Å². The summed E-state index contributed by atoms with van der Waals surface area (Å²) in [6.45, 7) is 2.18. The van der Waals surface area contributed by atoms with Crippen molar-refractivity contribution in [1.29, 1.82) is 0 Å². The summed E-state index contributed by atoms with van der Waals surface area (Å²) in [6.07, 6.45) is 0.560. The van der Waals surface area contributed by atoms with Crippen LogP contribution in [0.15, 0.2) is 66.7 Å². The van der Waals surface area contributed by atoms with E-state index in [1.807, 2.05) is 24.3 Å². The normalized spacial score (nSPS) is 14.9. The molecule has 0 saturated heterocycles. The molecule has 2 heterocycles. The summed E-state index contributed by atoms with van der Waals surface area (Å²) >= 11 is 0. The fourth-order valence-corrected chi connectivity index (χ4v) is 4.53. The Hall–Kier alpha value is -4.86. The van der Waals surface area contributed by atoms with Gasteiger partial charge in [0.2, 0.25) is 5.91 Å². The van der Waals surface area contributed by atoms with Crippen molar-refractivity contribution >= 4 is 35.0 Å². The zero-order chi connectivity index (χ0) is 27.5. The van der Waals surface area contributed by atoms with Crippen molar-refractivity contribution in [3.63, 3.8) is 0 Å². The third-order valence-electron chi connectivity index (χ3n) is 6.62. The summed E-state index contributed by atoms with van der Waals surface area (Å²) in [5.74, 6) is 0.177. The van der Waals surface area contributed by atoms with Crippen LogP contribution in [0.2, 0.25) is 0 Å². The van der Waals surface area contributed by atoms with E-state index in [1.54, 1.807) is 54.5 Å². The molecule has 5 rings (SSSR count). The van der Waals surface area contributed by atoms with Gasteiger partial charge in [0.05, 0.1) is 30.5 Å². The van der Waals surface area contributed by atoms with E-state index in [0.29, 0.717) is 42.4 Å². The third kappa shape index (κ3) is 5.13. The molecule has 39 heavy (non-hydrogen) atoms. The lowest BCUT2D eigenvalue weighted by Gasteiger charge is -2.30. The van der Waals surface area contributed by atoms with Gasteiger partial charge in [0.15, 0.2) is 6.61 Å². The largest absolute Gasteiger partial charge is 0.497 e. The van der Waals surface area contributed by atoms with Gasteiger partial charge in [-0.15, -0.1) is 0 Å². The van der Waals surface area contributed by atoms with E-state index in [2.05, 4.69) is 5.32 Å². The highest BCUT2D eigenvalue weighted by atomic mass is 16.5. The Morgan fingerprint density at radius 1 is 0.974 bits per heavy atom. The SMILES string of the molecule is COc1ccc(OCCCN2C(=O)COc3ccc(NC(=O)C(C)N4C(=O)c5ccccc5C4=O)cc32)cc1. The molecule has 0 aromatic heterocycles. The van der Waals surface area contributed by atoms with Crippen molar-refractivity contribution in [1.82, 2.24) is 4.90 Å². The van der Waals surface area contributed by atoms with Gasteiger partial charge in [0.1, 0.15) is 23.3 Å². The second kappa shape index (κ2) is 10.9. The standard InChI is InChI=1S/C29H27N3O7/c1-18(32-28(35)22-6-3-4-7-23(22)29(32)36)27(34)30-19-8-13-25-24(16-19)31(26(33)17-39-25)14-5-15-38-21-11-9-20(37-2)10-12-21/h3-4,6-13,16,18H,5,14-15,17H2,1-2H3,(H,30,34). The zero-order valence-electron chi connectivity index (χ0n) is 21.5. The summed E-state index contributed by atoms with van der Waals surface area (Å²) in [6, 6.07) is 17.6. The average Bonchev–Trinajstić information content (AvgIpc) is 3.21. The fourth-order valence-electron chi connectivity index (χ4n) is 4.53. The molecule has 3 aromatic rings. The number of hydrogen-bond acceptors (Lipinski definition) is 7. The molecule has 1 N–H and O–H groups in total. The lowest BCUT2D eigenvalue weighted by molar-refractivity contribution is -0.121. The first-order valence-electron chi connectivity index (χ1n) is 12.5. The molecule has 0 spiro atoms. The Balaban J connectivity index is 1.23. The van der Waals surface area contributed by atoms with Crippen molar-refractivity contribution in [3.8, 4) is 17.2 Å². The van der Waals surface area contributed by atoms with Crippen molar-refractivity contribution in [3.05, 3.63) is 77.9 Å². The summed E-state index contributed by atoms with van der Waals surface area (Å²) in [5.41, 5.74) is 1.47. The van der Waals surface area contributed by atoms with Crippen molar-refractivity contribution in [2.75, 3.05) is 37.1 Å². The number of imide groups is 1. The minimum Gasteiger partial charge on any atom is -0.497 e. The van der Waals surface area contributed by atoms with Gasteiger partial charge >= 0.3 is 0 Å². The van der Waals surface area contributed by atoms with E-state index in [-0.39, 0.29) is 23.6 Å². The molecule has 0 bridgehead atoms. The first-order valence-corrected chi connectivity index (χ1v) is 12.5. The van der Waals surface area contributed by atoms with Crippen molar-refractivity contribution in [2.24, 2.45) is 0 Å². The molecular weight excluding hydrogens is 502 g/mol. The maximum absolute atomic E-state index is 13.0. The van der Waals surface area contributed by atoms with Crippen LogP contribution in [-0.2, 0) is 9.59 Å². The lowest BCUT2D eigenvalue weighted by Crippen LogP contribution is -2.45. The number of methoxy groups -OCH3 is 1. The lowest BCUT2D eigenvalue weighted by atomic mass is 10.1. The van der Waals surface area contributed by atoms with Gasteiger partial charge in [-0.05, 0) is 67.9 Å². The minimum atomic E-state index is -1.04. The first-order chi connectivity index (χ1) is 18.9. The highest BCUT2D eigenvalue weighted by Gasteiger charge is 2.40. The zero-order valence-corrected chi connectivity index (χ0v) is 21.5. The first kappa shape index (κ1) is 25.8. The van der Waals surface area contributed by atoms with E-state index in [0.717, 1.165) is 10.6 Å². The molecule has 0 fully saturated rings. The van der Waals surface area contributed by atoms with Crippen LogP contribution in [0.25, 0.3) is 0 Å². The van der Waals surface area contributed by atoms with Gasteiger partial charge in [-0.3, -0.25) is 24.1 Å².